The minimum absolute atomic E-state index is 0.0979. The number of thiocarbonyl (C=S) groups is 1. The van der Waals surface area contributed by atoms with E-state index in [-0.39, 0.29) is 6.04 Å². The lowest BCUT2D eigenvalue weighted by Crippen LogP contribution is -2.31. The smallest absolute Gasteiger partial charge is 0.172 e. The maximum Gasteiger partial charge on any atom is 0.172 e. The quantitative estimate of drug-likeness (QED) is 0.847. The Labute approximate surface area is 130 Å². The first kappa shape index (κ1) is 15.3. The third-order valence-electron chi connectivity index (χ3n) is 3.12. The highest BCUT2D eigenvalue weighted by atomic mass is 32.1. The molecule has 1 aromatic carbocycles. The van der Waals surface area contributed by atoms with Crippen LogP contribution in [0.25, 0.3) is 0 Å². The number of benzene rings is 1. The van der Waals surface area contributed by atoms with Crippen molar-refractivity contribution in [1.29, 1.82) is 0 Å². The molecule has 0 aliphatic rings. The van der Waals surface area contributed by atoms with Crippen molar-refractivity contribution in [2.45, 2.75) is 19.9 Å². The lowest BCUT2D eigenvalue weighted by atomic mass is 10.1. The number of methoxy groups -OCH3 is 1. The zero-order valence-electron chi connectivity index (χ0n) is 12.4. The zero-order chi connectivity index (χ0) is 15.2. The Hall–Kier alpha value is -2.14. The molecule has 1 atom stereocenters. The molecule has 21 heavy (non-hydrogen) atoms. The van der Waals surface area contributed by atoms with Crippen LogP contribution in [-0.4, -0.2) is 17.2 Å². The minimum atomic E-state index is 0.0979. The highest BCUT2D eigenvalue weighted by Crippen LogP contribution is 2.17. The number of nitrogens with zero attached hydrogens (tertiary/aromatic N) is 1. The van der Waals surface area contributed by atoms with Crippen molar-refractivity contribution in [2.75, 3.05) is 12.4 Å². The van der Waals surface area contributed by atoms with Gasteiger partial charge in [-0.2, -0.15) is 0 Å². The van der Waals surface area contributed by atoms with E-state index in [1.807, 2.05) is 43.3 Å². The normalized spacial score (nSPS) is 11.6. The predicted octanol–water partition coefficient (Wildman–Crippen LogP) is 3.45. The van der Waals surface area contributed by atoms with Crippen LogP contribution in [0.2, 0.25) is 0 Å². The summed E-state index contributed by atoms with van der Waals surface area (Å²) in [4.78, 5) is 4.23. The fraction of sp³-hybridized carbons (Fsp3) is 0.250. The molecular weight excluding hydrogens is 282 g/mol. The van der Waals surface area contributed by atoms with E-state index < -0.39 is 0 Å². The summed E-state index contributed by atoms with van der Waals surface area (Å²) >= 11 is 5.32. The van der Waals surface area contributed by atoms with Gasteiger partial charge in [-0.05, 0) is 61.5 Å². The van der Waals surface area contributed by atoms with E-state index in [2.05, 4.69) is 22.5 Å². The summed E-state index contributed by atoms with van der Waals surface area (Å²) in [5, 5.41) is 6.88. The van der Waals surface area contributed by atoms with Gasteiger partial charge in [0.1, 0.15) is 11.6 Å². The Balaban J connectivity index is 1.95. The molecule has 0 spiro atoms. The first-order valence-electron chi connectivity index (χ1n) is 6.72. The monoisotopic (exact) mass is 301 g/mol. The number of aryl methyl sites for hydroxylation is 1. The van der Waals surface area contributed by atoms with Gasteiger partial charge in [-0.25, -0.2) is 4.98 Å². The highest BCUT2D eigenvalue weighted by molar-refractivity contribution is 7.80. The van der Waals surface area contributed by atoms with Crippen LogP contribution in [0.1, 0.15) is 24.1 Å². The second kappa shape index (κ2) is 7.04. The van der Waals surface area contributed by atoms with E-state index in [0.717, 1.165) is 22.7 Å². The maximum atomic E-state index is 5.32. The summed E-state index contributed by atoms with van der Waals surface area (Å²) in [6.45, 7) is 4.07. The summed E-state index contributed by atoms with van der Waals surface area (Å²) in [7, 11) is 1.66. The average Bonchev–Trinajstić information content (AvgIpc) is 2.47. The molecule has 5 heteroatoms. The number of nitrogens with one attached hydrogen (secondary N) is 2. The number of rotatable bonds is 4. The highest BCUT2D eigenvalue weighted by Gasteiger charge is 2.07. The van der Waals surface area contributed by atoms with Crippen molar-refractivity contribution in [2.24, 2.45) is 0 Å². The number of ether oxygens (including phenoxy) is 1. The summed E-state index contributed by atoms with van der Waals surface area (Å²) in [6.07, 6.45) is 1.76. The number of aromatic nitrogens is 1. The van der Waals surface area contributed by atoms with Gasteiger partial charge in [0.05, 0.1) is 13.2 Å². The molecule has 0 amide bonds. The van der Waals surface area contributed by atoms with Gasteiger partial charge < -0.3 is 15.4 Å². The summed E-state index contributed by atoms with van der Waals surface area (Å²) in [5.41, 5.74) is 2.27. The van der Waals surface area contributed by atoms with Crippen LogP contribution in [0, 0.1) is 6.92 Å². The van der Waals surface area contributed by atoms with Crippen molar-refractivity contribution in [1.82, 2.24) is 10.3 Å². The Kier molecular flexibility index (Phi) is 5.11. The first-order valence-corrected chi connectivity index (χ1v) is 7.13. The molecule has 0 bridgehead atoms. The van der Waals surface area contributed by atoms with E-state index in [4.69, 9.17) is 17.0 Å². The van der Waals surface area contributed by atoms with Crippen LogP contribution in [0.15, 0.2) is 42.6 Å². The Morgan fingerprint density at radius 1 is 1.24 bits per heavy atom. The van der Waals surface area contributed by atoms with E-state index in [1.165, 1.54) is 0 Å². The molecule has 0 saturated carbocycles. The Morgan fingerprint density at radius 2 is 1.95 bits per heavy atom. The van der Waals surface area contributed by atoms with Gasteiger partial charge in [0.15, 0.2) is 5.11 Å². The second-order valence-corrected chi connectivity index (χ2v) is 5.22. The van der Waals surface area contributed by atoms with Gasteiger partial charge in [0.25, 0.3) is 0 Å². The summed E-state index contributed by atoms with van der Waals surface area (Å²) < 4.78 is 5.15. The Bertz CT molecular complexity index is 613. The number of pyridine rings is 1. The largest absolute Gasteiger partial charge is 0.497 e. The topological polar surface area (TPSA) is 46.2 Å². The third kappa shape index (κ3) is 4.43. The number of hydrogen-bond donors (Lipinski definition) is 2. The fourth-order valence-electron chi connectivity index (χ4n) is 1.93. The molecule has 1 aromatic heterocycles. The predicted molar refractivity (Wildman–Crippen MR) is 89.7 cm³/mol. The van der Waals surface area contributed by atoms with Crippen LogP contribution < -0.4 is 15.4 Å². The molecule has 1 heterocycles. The van der Waals surface area contributed by atoms with Crippen molar-refractivity contribution < 1.29 is 4.74 Å². The van der Waals surface area contributed by atoms with Crippen molar-refractivity contribution in [3.63, 3.8) is 0 Å². The molecule has 0 radical (unpaired) electrons. The second-order valence-electron chi connectivity index (χ2n) is 4.81. The average molecular weight is 301 g/mol. The van der Waals surface area contributed by atoms with Crippen LogP contribution >= 0.6 is 12.2 Å². The van der Waals surface area contributed by atoms with Crippen molar-refractivity contribution in [3.8, 4) is 5.75 Å². The molecule has 0 fully saturated rings. The van der Waals surface area contributed by atoms with Gasteiger partial charge in [-0.3, -0.25) is 0 Å². The van der Waals surface area contributed by atoms with Crippen LogP contribution in [-0.2, 0) is 0 Å². The molecule has 2 aromatic rings. The standard InChI is InChI=1S/C16H19N3OS/c1-11-8-9-17-15(10-11)19-16(21)18-12(2)13-4-6-14(20-3)7-5-13/h4-10,12H,1-3H3,(H2,17,18,19,21)/t12-/m0/s1. The third-order valence-corrected chi connectivity index (χ3v) is 3.34. The molecule has 2 rings (SSSR count). The van der Waals surface area contributed by atoms with E-state index in [9.17, 15) is 0 Å². The lowest BCUT2D eigenvalue weighted by Gasteiger charge is -2.17. The number of anilines is 1. The van der Waals surface area contributed by atoms with Gasteiger partial charge >= 0.3 is 0 Å². The van der Waals surface area contributed by atoms with Crippen LogP contribution in [0.5, 0.6) is 5.75 Å². The number of hydrogen-bond acceptors (Lipinski definition) is 3. The van der Waals surface area contributed by atoms with Gasteiger partial charge in [-0.15, -0.1) is 0 Å². The molecule has 110 valence electrons. The maximum absolute atomic E-state index is 5.32. The molecule has 0 aliphatic carbocycles. The minimum Gasteiger partial charge on any atom is -0.497 e. The lowest BCUT2D eigenvalue weighted by molar-refractivity contribution is 0.414. The molecular formula is C16H19N3OS. The van der Waals surface area contributed by atoms with Gasteiger partial charge in [-0.1, -0.05) is 12.1 Å². The van der Waals surface area contributed by atoms with Crippen molar-refractivity contribution >= 4 is 23.1 Å². The SMILES string of the molecule is COc1ccc([C@H](C)NC(=S)Nc2cc(C)ccn2)cc1. The molecule has 2 N–H and O–H groups in total. The molecule has 0 unspecified atom stereocenters. The Morgan fingerprint density at radius 3 is 2.57 bits per heavy atom. The molecule has 0 aliphatic heterocycles. The molecule has 0 saturated heterocycles. The fourth-order valence-corrected chi connectivity index (χ4v) is 2.21. The van der Waals surface area contributed by atoms with Crippen LogP contribution in [0.3, 0.4) is 0 Å². The van der Waals surface area contributed by atoms with Gasteiger partial charge in [0.2, 0.25) is 0 Å². The van der Waals surface area contributed by atoms with Gasteiger partial charge in [0, 0.05) is 6.20 Å². The first-order chi connectivity index (χ1) is 10.1. The van der Waals surface area contributed by atoms with E-state index in [0.29, 0.717) is 5.11 Å². The molecule has 4 nitrogen and oxygen atoms in total. The summed E-state index contributed by atoms with van der Waals surface area (Å²) in [6, 6.07) is 11.9. The van der Waals surface area contributed by atoms with Crippen molar-refractivity contribution in [3.05, 3.63) is 53.7 Å². The summed E-state index contributed by atoms with van der Waals surface area (Å²) in [5.74, 6) is 1.59. The van der Waals surface area contributed by atoms with E-state index >= 15 is 0 Å². The zero-order valence-corrected chi connectivity index (χ0v) is 13.2. The van der Waals surface area contributed by atoms with Crippen LogP contribution in [0.4, 0.5) is 5.82 Å². The van der Waals surface area contributed by atoms with E-state index in [1.54, 1.807) is 13.3 Å².